The molecule has 0 aliphatic carbocycles. The van der Waals surface area contributed by atoms with Gasteiger partial charge in [0.1, 0.15) is 48.8 Å². The van der Waals surface area contributed by atoms with E-state index in [1.54, 1.807) is 6.08 Å². The first kappa shape index (κ1) is 73.5. The van der Waals surface area contributed by atoms with Crippen LogP contribution in [0.1, 0.15) is 245 Å². The molecule has 14 nitrogen and oxygen atoms in total. The molecule has 0 aromatic rings. The van der Waals surface area contributed by atoms with Crippen molar-refractivity contribution in [1.29, 1.82) is 0 Å². The lowest BCUT2D eigenvalue weighted by Crippen LogP contribution is -2.65. The van der Waals surface area contributed by atoms with Crippen LogP contribution in [0.5, 0.6) is 0 Å². The summed E-state index contributed by atoms with van der Waals surface area (Å²) in [6, 6.07) is -0.931. The van der Waals surface area contributed by atoms with E-state index >= 15 is 0 Å². The zero-order valence-electron chi connectivity index (χ0n) is 50.1. The minimum absolute atomic E-state index is 0.249. The van der Waals surface area contributed by atoms with Crippen LogP contribution in [0.4, 0.5) is 0 Å². The molecule has 2 fully saturated rings. The molecule has 0 radical (unpaired) electrons. The van der Waals surface area contributed by atoms with Crippen LogP contribution in [0.25, 0.3) is 0 Å². The monoisotopic (exact) mass is 1130 g/mol. The molecule has 2 aliphatic rings. The number of amides is 1. The van der Waals surface area contributed by atoms with Gasteiger partial charge >= 0.3 is 0 Å². The van der Waals surface area contributed by atoms with Crippen molar-refractivity contribution in [3.05, 3.63) is 72.9 Å². The van der Waals surface area contributed by atoms with E-state index in [4.69, 9.17) is 18.9 Å². The van der Waals surface area contributed by atoms with Gasteiger partial charge in [0.2, 0.25) is 5.91 Å². The number of aliphatic hydroxyl groups is 8. The van der Waals surface area contributed by atoms with Crippen LogP contribution in [0.15, 0.2) is 72.9 Å². The molecule has 2 rings (SSSR count). The molecular formula is C66H117NO13. The Morgan fingerprint density at radius 3 is 1.38 bits per heavy atom. The first-order valence-electron chi connectivity index (χ1n) is 32.2. The minimum atomic E-state index is -1.79. The highest BCUT2D eigenvalue weighted by Gasteiger charge is 2.51. The number of carbonyl (C=O) groups excluding carboxylic acids is 1. The Kier molecular flexibility index (Phi) is 46.8. The van der Waals surface area contributed by atoms with Crippen LogP contribution in [-0.4, -0.2) is 140 Å². The average molecular weight is 1130 g/mol. The van der Waals surface area contributed by atoms with Gasteiger partial charge in [0.25, 0.3) is 0 Å². The number of allylic oxidation sites excluding steroid dienone is 11. The van der Waals surface area contributed by atoms with Gasteiger partial charge in [-0.3, -0.25) is 4.79 Å². The summed E-state index contributed by atoms with van der Waals surface area (Å²) < 4.78 is 22.7. The molecule has 2 aliphatic heterocycles. The third kappa shape index (κ3) is 35.5. The zero-order chi connectivity index (χ0) is 58.1. The van der Waals surface area contributed by atoms with Gasteiger partial charge in [0.05, 0.1) is 32.0 Å². The SMILES string of the molecule is CC/C=C\C/C=C\C/C=C\C/C=C\CCCCCCCCCCCCCCCCCCCCCCCCC(=O)NC(COC1OC(CO)C(OC2OC(CO)C(O)C(O)C2O)C(O)C1O)C(O)/C=C/CC/C=C/CCCCCCC. The van der Waals surface area contributed by atoms with Crippen LogP contribution >= 0.6 is 0 Å². The molecule has 9 N–H and O–H groups in total. The largest absolute Gasteiger partial charge is 0.394 e. The Labute approximate surface area is 485 Å². The molecule has 12 unspecified atom stereocenters. The highest BCUT2D eigenvalue weighted by atomic mass is 16.7. The second-order valence-electron chi connectivity index (χ2n) is 22.5. The van der Waals surface area contributed by atoms with Crippen molar-refractivity contribution in [2.24, 2.45) is 0 Å². The smallest absolute Gasteiger partial charge is 0.220 e. The van der Waals surface area contributed by atoms with Gasteiger partial charge in [-0.1, -0.05) is 241 Å². The van der Waals surface area contributed by atoms with Crippen molar-refractivity contribution in [3.8, 4) is 0 Å². The Hall–Kier alpha value is -2.57. The fourth-order valence-corrected chi connectivity index (χ4v) is 10.2. The maximum Gasteiger partial charge on any atom is 0.220 e. The van der Waals surface area contributed by atoms with Crippen molar-refractivity contribution in [1.82, 2.24) is 5.32 Å². The van der Waals surface area contributed by atoms with E-state index in [1.165, 1.54) is 154 Å². The van der Waals surface area contributed by atoms with Gasteiger partial charge in [0.15, 0.2) is 12.6 Å². The zero-order valence-corrected chi connectivity index (χ0v) is 50.1. The molecule has 1 amide bonds. The van der Waals surface area contributed by atoms with Gasteiger partial charge in [0, 0.05) is 6.42 Å². The van der Waals surface area contributed by atoms with E-state index in [0.717, 1.165) is 57.8 Å². The quantitative estimate of drug-likeness (QED) is 0.0204. The molecule has 0 aromatic heterocycles. The number of unbranched alkanes of at least 4 members (excludes halogenated alkanes) is 28. The predicted octanol–water partition coefficient (Wildman–Crippen LogP) is 11.9. The van der Waals surface area contributed by atoms with E-state index in [1.807, 2.05) is 6.08 Å². The summed E-state index contributed by atoms with van der Waals surface area (Å²) in [6.07, 6.45) is 51.3. The molecule has 0 bridgehead atoms. The molecule has 2 heterocycles. The van der Waals surface area contributed by atoms with Crippen molar-refractivity contribution >= 4 is 5.91 Å². The van der Waals surface area contributed by atoms with E-state index in [0.29, 0.717) is 12.8 Å². The van der Waals surface area contributed by atoms with E-state index < -0.39 is 86.8 Å². The fourth-order valence-electron chi connectivity index (χ4n) is 10.2. The summed E-state index contributed by atoms with van der Waals surface area (Å²) in [5.74, 6) is -0.249. The molecule has 0 aromatic carbocycles. The number of hydrogen-bond donors (Lipinski definition) is 9. The van der Waals surface area contributed by atoms with Crippen molar-refractivity contribution < 1.29 is 64.6 Å². The summed E-state index contributed by atoms with van der Waals surface area (Å²) in [6.45, 7) is 2.64. The Morgan fingerprint density at radius 1 is 0.463 bits per heavy atom. The normalized spacial score (nSPS) is 24.7. The number of nitrogens with one attached hydrogen (secondary N) is 1. The first-order chi connectivity index (χ1) is 39.1. The van der Waals surface area contributed by atoms with Crippen LogP contribution in [0.3, 0.4) is 0 Å². The van der Waals surface area contributed by atoms with Crippen LogP contribution in [-0.2, 0) is 23.7 Å². The van der Waals surface area contributed by atoms with Crippen LogP contribution in [0.2, 0.25) is 0 Å². The predicted molar refractivity (Wildman–Crippen MR) is 323 cm³/mol. The summed E-state index contributed by atoms with van der Waals surface area (Å²) in [4.78, 5) is 13.2. The van der Waals surface area contributed by atoms with Crippen molar-refractivity contribution in [3.63, 3.8) is 0 Å². The number of ether oxygens (including phenoxy) is 4. The van der Waals surface area contributed by atoms with Crippen LogP contribution in [0, 0.1) is 0 Å². The molecule has 0 saturated carbocycles. The molecule has 464 valence electrons. The second kappa shape index (κ2) is 50.9. The lowest BCUT2D eigenvalue weighted by molar-refractivity contribution is -0.359. The van der Waals surface area contributed by atoms with Gasteiger partial charge in [-0.2, -0.15) is 0 Å². The van der Waals surface area contributed by atoms with Crippen molar-refractivity contribution in [2.75, 3.05) is 19.8 Å². The van der Waals surface area contributed by atoms with Gasteiger partial charge in [-0.25, -0.2) is 0 Å². The molecule has 0 spiro atoms. The lowest BCUT2D eigenvalue weighted by atomic mass is 9.97. The Bertz CT molecular complexity index is 1620. The van der Waals surface area contributed by atoms with E-state index in [-0.39, 0.29) is 18.9 Å². The molecule has 14 heteroatoms. The summed E-state index contributed by atoms with van der Waals surface area (Å²) in [5.41, 5.74) is 0. The van der Waals surface area contributed by atoms with E-state index in [9.17, 15) is 45.6 Å². The Morgan fingerprint density at radius 2 is 0.875 bits per heavy atom. The Balaban J connectivity index is 1.59. The third-order valence-electron chi connectivity index (χ3n) is 15.4. The fraction of sp³-hybridized carbons (Fsp3) is 0.803. The van der Waals surface area contributed by atoms with Gasteiger partial charge in [-0.05, 0) is 70.6 Å². The molecule has 80 heavy (non-hydrogen) atoms. The number of aliphatic hydroxyl groups excluding tert-OH is 8. The second-order valence-corrected chi connectivity index (χ2v) is 22.5. The highest BCUT2D eigenvalue weighted by Crippen LogP contribution is 2.30. The lowest BCUT2D eigenvalue weighted by Gasteiger charge is -2.46. The summed E-state index contributed by atoms with van der Waals surface area (Å²) in [7, 11) is 0. The number of rotatable bonds is 51. The molecular weight excluding hydrogens is 1010 g/mol. The van der Waals surface area contributed by atoms with Gasteiger partial charge in [-0.15, -0.1) is 0 Å². The standard InChI is InChI=1S/C66H117NO13/c1-3-5-7-9-11-13-15-16-17-18-19-20-21-22-23-24-25-26-27-28-29-30-31-32-33-34-35-36-37-38-40-42-44-46-48-50-58(71)67-54(55(70)49-47-45-43-41-39-14-12-10-8-6-4-2)53-77-65-63(76)61(74)64(57(52-69)79-65)80-66-62(75)60(73)59(72)56(51-68)78-66/h5,7,11,13,16-17,19-20,39,41,47,49,54-57,59-66,68-70,72-76H,3-4,6,8-10,12,14-15,18,21-38,40,42-46,48,50-53H2,1-2H3,(H,67,71)/b7-5-,13-11-,17-16-,20-19-,41-39+,49-47+. The molecule has 2 saturated heterocycles. The highest BCUT2D eigenvalue weighted by molar-refractivity contribution is 5.76. The topological polar surface area (TPSA) is 228 Å². The average Bonchev–Trinajstić information content (AvgIpc) is 3.46. The van der Waals surface area contributed by atoms with Crippen LogP contribution < -0.4 is 5.32 Å². The summed E-state index contributed by atoms with van der Waals surface area (Å²) >= 11 is 0. The third-order valence-corrected chi connectivity index (χ3v) is 15.4. The van der Waals surface area contributed by atoms with Crippen molar-refractivity contribution in [2.45, 2.75) is 319 Å². The summed E-state index contributed by atoms with van der Waals surface area (Å²) in [5, 5.41) is 86.9. The molecule has 12 atom stereocenters. The van der Waals surface area contributed by atoms with E-state index in [2.05, 4.69) is 79.9 Å². The maximum absolute atomic E-state index is 13.2. The number of hydrogen-bond acceptors (Lipinski definition) is 13. The minimum Gasteiger partial charge on any atom is -0.394 e. The number of carbonyl (C=O) groups is 1. The van der Waals surface area contributed by atoms with Gasteiger partial charge < -0.3 is 65.1 Å². The first-order valence-corrected chi connectivity index (χ1v) is 32.2. The maximum atomic E-state index is 13.2.